The number of H-pyrrole nitrogens is 1. The molecule has 2 fully saturated rings. The molecule has 4 amide bonds. The summed E-state index contributed by atoms with van der Waals surface area (Å²) in [6.45, 7) is 11.9. The number of nitrogens with zero attached hydrogens (tertiary/aromatic N) is 4. The number of aliphatic imine (C=N–C) groups is 1. The summed E-state index contributed by atoms with van der Waals surface area (Å²) < 4.78 is 9.63. The van der Waals surface area contributed by atoms with E-state index in [9.17, 15) is 19.2 Å². The number of methoxy groups -OCH3 is 2. The first-order chi connectivity index (χ1) is 27.9. The molecule has 310 valence electrons. The Labute approximate surface area is 342 Å². The molecular formula is C45H59N7O6. The van der Waals surface area contributed by atoms with Crippen LogP contribution in [0.1, 0.15) is 104 Å². The standard InChI is InChI=1S/C45H59N7O6/c1-9-33-19-21-37(51(33)42(53)39(26(3)4)49-44(55)57-7)35-23-32(24-46-35)30-13-11-28(12-14-30)29-15-17-31(18-16-29)36-25-47-41(48-36)38-22-20-34(10-2)52(38)43(54)40(27(5)6)50-45(56)58-8/h11-18,24-27,33-34,37-40H,9-10,19-23H2,1-8H3,(H,47,48)(H,49,55)(H,50,56)/t33-,34-,37-,38-,39-,40-/m0/s1. The van der Waals surface area contributed by atoms with E-state index in [1.54, 1.807) is 0 Å². The van der Waals surface area contributed by atoms with E-state index in [4.69, 9.17) is 19.5 Å². The molecule has 0 saturated carbocycles. The second-order valence-electron chi connectivity index (χ2n) is 16.3. The van der Waals surface area contributed by atoms with E-state index >= 15 is 0 Å². The van der Waals surface area contributed by atoms with Gasteiger partial charge in [0.15, 0.2) is 0 Å². The van der Waals surface area contributed by atoms with Crippen LogP contribution < -0.4 is 10.6 Å². The molecule has 0 spiro atoms. The molecule has 6 atom stereocenters. The number of imidazole rings is 1. The molecule has 58 heavy (non-hydrogen) atoms. The van der Waals surface area contributed by atoms with Gasteiger partial charge in [0.05, 0.1) is 38.2 Å². The number of ether oxygens (including phenoxy) is 2. The Bertz CT molecular complexity index is 2000. The van der Waals surface area contributed by atoms with Gasteiger partial charge in [0.2, 0.25) is 11.8 Å². The van der Waals surface area contributed by atoms with Crippen molar-refractivity contribution >= 4 is 35.3 Å². The van der Waals surface area contributed by atoms with Gasteiger partial charge in [-0.2, -0.15) is 0 Å². The molecule has 13 heteroatoms. The van der Waals surface area contributed by atoms with Crippen molar-refractivity contribution in [1.82, 2.24) is 30.4 Å². The number of aromatic amines is 1. The first-order valence-electron chi connectivity index (χ1n) is 20.7. The predicted octanol–water partition coefficient (Wildman–Crippen LogP) is 7.90. The van der Waals surface area contributed by atoms with Crippen molar-refractivity contribution in [3.63, 3.8) is 0 Å². The fourth-order valence-electron chi connectivity index (χ4n) is 8.75. The van der Waals surface area contributed by atoms with Gasteiger partial charge in [-0.05, 0) is 78.2 Å². The quantitative estimate of drug-likeness (QED) is 0.159. The predicted molar refractivity (Wildman–Crippen MR) is 225 cm³/mol. The highest BCUT2D eigenvalue weighted by atomic mass is 16.5. The normalized spacial score (nSPS) is 21.5. The van der Waals surface area contributed by atoms with Crippen LogP contribution in [-0.2, 0) is 19.1 Å². The molecule has 0 aliphatic carbocycles. The zero-order valence-corrected chi connectivity index (χ0v) is 35.1. The number of rotatable bonds is 13. The molecule has 2 aromatic carbocycles. The summed E-state index contributed by atoms with van der Waals surface area (Å²) in [4.78, 5) is 69.0. The average Bonchev–Trinajstić information content (AvgIpc) is 4.07. The van der Waals surface area contributed by atoms with Gasteiger partial charge in [-0.15, -0.1) is 0 Å². The van der Waals surface area contributed by atoms with E-state index in [-0.39, 0.29) is 47.8 Å². The van der Waals surface area contributed by atoms with Crippen molar-refractivity contribution in [2.24, 2.45) is 16.8 Å². The highest BCUT2D eigenvalue weighted by Crippen LogP contribution is 2.39. The lowest BCUT2D eigenvalue weighted by Crippen LogP contribution is -2.55. The Morgan fingerprint density at radius 2 is 1.17 bits per heavy atom. The Morgan fingerprint density at radius 3 is 1.66 bits per heavy atom. The lowest BCUT2D eigenvalue weighted by Gasteiger charge is -2.34. The van der Waals surface area contributed by atoms with Crippen LogP contribution in [0.2, 0.25) is 0 Å². The number of alkyl carbamates (subject to hydrolysis) is 2. The van der Waals surface area contributed by atoms with Crippen LogP contribution in [0.15, 0.2) is 65.9 Å². The third-order valence-corrected chi connectivity index (χ3v) is 12.1. The molecule has 6 rings (SSSR count). The summed E-state index contributed by atoms with van der Waals surface area (Å²) in [5.41, 5.74) is 7.20. The number of hydrogen-bond acceptors (Lipinski definition) is 8. The van der Waals surface area contributed by atoms with Gasteiger partial charge < -0.3 is 34.9 Å². The molecule has 2 saturated heterocycles. The minimum absolute atomic E-state index is 0.0553. The number of likely N-dealkylation sites (tertiary alicyclic amines) is 2. The number of carbonyl (C=O) groups excluding carboxylic acids is 4. The molecule has 13 nitrogen and oxygen atoms in total. The summed E-state index contributed by atoms with van der Waals surface area (Å²) in [6.07, 6.45) is 8.22. The van der Waals surface area contributed by atoms with Crippen molar-refractivity contribution in [2.45, 2.75) is 123 Å². The summed E-state index contributed by atoms with van der Waals surface area (Å²) in [5, 5.41) is 5.50. The molecule has 0 radical (unpaired) electrons. The first-order valence-corrected chi connectivity index (χ1v) is 20.7. The molecule has 3 aliphatic heterocycles. The van der Waals surface area contributed by atoms with Crippen LogP contribution >= 0.6 is 0 Å². The lowest BCUT2D eigenvalue weighted by molar-refractivity contribution is -0.138. The third-order valence-electron chi connectivity index (χ3n) is 12.1. The maximum absolute atomic E-state index is 13.9. The third kappa shape index (κ3) is 8.83. The van der Waals surface area contributed by atoms with Crippen LogP contribution in [-0.4, -0.2) is 93.9 Å². The van der Waals surface area contributed by atoms with E-state index in [0.29, 0.717) is 6.42 Å². The van der Waals surface area contributed by atoms with Gasteiger partial charge in [0.25, 0.3) is 0 Å². The van der Waals surface area contributed by atoms with Gasteiger partial charge in [-0.1, -0.05) is 90.1 Å². The fourth-order valence-corrected chi connectivity index (χ4v) is 8.75. The zero-order chi connectivity index (χ0) is 41.7. The smallest absolute Gasteiger partial charge is 0.407 e. The maximum Gasteiger partial charge on any atom is 0.407 e. The van der Waals surface area contributed by atoms with Crippen LogP contribution in [0, 0.1) is 11.8 Å². The van der Waals surface area contributed by atoms with E-state index in [0.717, 1.165) is 83.6 Å². The molecule has 3 aromatic rings. The number of benzene rings is 2. The van der Waals surface area contributed by atoms with Gasteiger partial charge in [0, 0.05) is 30.4 Å². The number of hydrogen-bond donors (Lipinski definition) is 3. The topological polar surface area (TPSA) is 158 Å². The molecule has 3 N–H and O–H groups in total. The Balaban J connectivity index is 1.11. The van der Waals surface area contributed by atoms with Crippen LogP contribution in [0.3, 0.4) is 0 Å². The van der Waals surface area contributed by atoms with Crippen LogP contribution in [0.4, 0.5) is 9.59 Å². The van der Waals surface area contributed by atoms with Crippen LogP contribution in [0.5, 0.6) is 0 Å². The first kappa shape index (κ1) is 42.2. The molecule has 3 aliphatic rings. The maximum atomic E-state index is 13.9. The number of carbonyl (C=O) groups is 4. The number of allylic oxidation sites excluding steroid dienone is 1. The summed E-state index contributed by atoms with van der Waals surface area (Å²) >= 11 is 0. The lowest BCUT2D eigenvalue weighted by atomic mass is 9.95. The molecule has 0 bridgehead atoms. The molecule has 1 aromatic heterocycles. The molecule has 0 unspecified atom stereocenters. The minimum Gasteiger partial charge on any atom is -0.453 e. The number of amides is 4. The van der Waals surface area contributed by atoms with E-state index in [1.165, 1.54) is 14.2 Å². The van der Waals surface area contributed by atoms with E-state index in [2.05, 4.69) is 78.0 Å². The van der Waals surface area contributed by atoms with Gasteiger partial charge in [0.1, 0.15) is 17.9 Å². The van der Waals surface area contributed by atoms with Gasteiger partial charge in [-0.3, -0.25) is 14.6 Å². The molecule has 4 heterocycles. The second-order valence-corrected chi connectivity index (χ2v) is 16.3. The largest absolute Gasteiger partial charge is 0.453 e. The van der Waals surface area contributed by atoms with Crippen molar-refractivity contribution in [1.29, 1.82) is 0 Å². The highest BCUT2D eigenvalue weighted by Gasteiger charge is 2.44. The van der Waals surface area contributed by atoms with Crippen LogP contribution in [0.25, 0.3) is 28.0 Å². The zero-order valence-electron chi connectivity index (χ0n) is 35.1. The second kappa shape index (κ2) is 18.4. The van der Waals surface area contributed by atoms with Crippen molar-refractivity contribution in [2.75, 3.05) is 14.2 Å². The Kier molecular flexibility index (Phi) is 13.4. The SMILES string of the molecule is CC[C@H]1CC[C@@H](C2=NC=C(c3ccc(-c4ccc(-c5cnc([C@@H]6CC[C@H](CC)N6C(=O)[C@@H](NC(=O)OC)C(C)C)[nH]5)cc4)cc3)C2)N1C(=O)[C@@H](NC(=O)OC)C(C)C. The van der Waals surface area contributed by atoms with Crippen molar-refractivity contribution < 1.29 is 28.7 Å². The fraction of sp³-hybridized carbons (Fsp3) is 0.511. The number of nitrogens with one attached hydrogen (secondary N) is 3. The monoisotopic (exact) mass is 793 g/mol. The minimum atomic E-state index is -0.700. The number of aromatic nitrogens is 2. The summed E-state index contributed by atoms with van der Waals surface area (Å²) in [5.74, 6) is 0.320. The summed E-state index contributed by atoms with van der Waals surface area (Å²) in [7, 11) is 2.61. The highest BCUT2D eigenvalue weighted by molar-refractivity contribution is 6.04. The molecular weight excluding hydrogens is 735 g/mol. The average molecular weight is 794 g/mol. The van der Waals surface area contributed by atoms with Gasteiger partial charge in [-0.25, -0.2) is 14.6 Å². The van der Waals surface area contributed by atoms with Crippen molar-refractivity contribution in [3.05, 3.63) is 72.3 Å². The Morgan fingerprint density at radius 1 is 0.707 bits per heavy atom. The van der Waals surface area contributed by atoms with Gasteiger partial charge >= 0.3 is 12.2 Å². The van der Waals surface area contributed by atoms with E-state index < -0.39 is 24.3 Å². The Hall–Kier alpha value is -5.46. The van der Waals surface area contributed by atoms with E-state index in [1.807, 2.05) is 49.9 Å². The summed E-state index contributed by atoms with van der Waals surface area (Å²) in [6, 6.07) is 15.3. The van der Waals surface area contributed by atoms with Crippen molar-refractivity contribution in [3.8, 4) is 22.4 Å².